The second-order valence-electron chi connectivity index (χ2n) is 6.78. The van der Waals surface area contributed by atoms with Crippen LogP contribution < -0.4 is 5.73 Å². The molecule has 2 rings (SSSR count). The van der Waals surface area contributed by atoms with Crippen LogP contribution in [-0.2, 0) is 4.79 Å². The van der Waals surface area contributed by atoms with E-state index in [4.69, 9.17) is 5.73 Å². The summed E-state index contributed by atoms with van der Waals surface area (Å²) >= 11 is 0. The van der Waals surface area contributed by atoms with Gasteiger partial charge in [-0.05, 0) is 18.3 Å². The highest BCUT2D eigenvalue weighted by molar-refractivity contribution is 5.82. The third kappa shape index (κ3) is 3.29. The van der Waals surface area contributed by atoms with E-state index in [2.05, 4.69) is 30.6 Å². The van der Waals surface area contributed by atoms with Gasteiger partial charge in [0, 0.05) is 44.7 Å². The molecule has 0 aromatic heterocycles. The molecule has 2 unspecified atom stereocenters. The molecule has 19 heavy (non-hydrogen) atoms. The lowest BCUT2D eigenvalue weighted by molar-refractivity contribution is -0.135. The molecule has 1 heterocycles. The van der Waals surface area contributed by atoms with Crippen molar-refractivity contribution in [2.75, 3.05) is 32.7 Å². The summed E-state index contributed by atoms with van der Waals surface area (Å²) in [6.07, 6.45) is 3.41. The van der Waals surface area contributed by atoms with Crippen LogP contribution in [0, 0.1) is 11.3 Å². The first-order chi connectivity index (χ1) is 8.99. The minimum absolute atomic E-state index is 0.246. The molecule has 1 amide bonds. The second kappa shape index (κ2) is 5.80. The molecule has 1 saturated heterocycles. The standard InChI is InChI=1S/C15H29N3O/c1-4-5-12(11-16)17-6-8-18(9-7-17)14(19)13-10-15(13,2)3/h12-13H,4-11,16H2,1-3H3. The van der Waals surface area contributed by atoms with Gasteiger partial charge in [0.15, 0.2) is 0 Å². The Hall–Kier alpha value is -0.610. The molecule has 0 aromatic carbocycles. The summed E-state index contributed by atoms with van der Waals surface area (Å²) in [6, 6.07) is 0.500. The maximum atomic E-state index is 12.3. The maximum Gasteiger partial charge on any atom is 0.226 e. The molecule has 4 heteroatoms. The summed E-state index contributed by atoms with van der Waals surface area (Å²) < 4.78 is 0. The molecular formula is C15H29N3O. The number of amides is 1. The van der Waals surface area contributed by atoms with Gasteiger partial charge in [-0.3, -0.25) is 9.69 Å². The highest BCUT2D eigenvalue weighted by Gasteiger charge is 2.52. The van der Waals surface area contributed by atoms with Crippen molar-refractivity contribution < 1.29 is 4.79 Å². The Bertz CT molecular complexity index is 321. The van der Waals surface area contributed by atoms with Crippen molar-refractivity contribution in [3.63, 3.8) is 0 Å². The highest BCUT2D eigenvalue weighted by atomic mass is 16.2. The molecular weight excluding hydrogens is 238 g/mol. The lowest BCUT2D eigenvalue weighted by atomic mass is 10.1. The number of carbonyl (C=O) groups excluding carboxylic acids is 1. The molecule has 0 bridgehead atoms. The zero-order chi connectivity index (χ0) is 14.0. The Kier molecular flexibility index (Phi) is 4.51. The fraction of sp³-hybridized carbons (Fsp3) is 0.933. The molecule has 4 nitrogen and oxygen atoms in total. The molecule has 2 aliphatic rings. The van der Waals surface area contributed by atoms with E-state index in [0.29, 0.717) is 11.9 Å². The van der Waals surface area contributed by atoms with Gasteiger partial charge in [-0.1, -0.05) is 27.2 Å². The van der Waals surface area contributed by atoms with Gasteiger partial charge in [0.05, 0.1) is 0 Å². The predicted octanol–water partition coefficient (Wildman–Crippen LogP) is 1.30. The summed E-state index contributed by atoms with van der Waals surface area (Å²) in [7, 11) is 0. The third-order valence-corrected chi connectivity index (χ3v) is 4.85. The number of hydrogen-bond acceptors (Lipinski definition) is 3. The Morgan fingerprint density at radius 2 is 1.89 bits per heavy atom. The van der Waals surface area contributed by atoms with Gasteiger partial charge in [0.1, 0.15) is 0 Å². The van der Waals surface area contributed by atoms with E-state index in [9.17, 15) is 4.79 Å². The van der Waals surface area contributed by atoms with Crippen molar-refractivity contribution in [3.8, 4) is 0 Å². The largest absolute Gasteiger partial charge is 0.340 e. The van der Waals surface area contributed by atoms with Gasteiger partial charge in [-0.2, -0.15) is 0 Å². The SMILES string of the molecule is CCCC(CN)N1CCN(C(=O)C2CC2(C)C)CC1. The molecule has 2 N–H and O–H groups in total. The van der Waals surface area contributed by atoms with Crippen molar-refractivity contribution in [1.82, 2.24) is 9.80 Å². The molecule has 2 atom stereocenters. The Balaban J connectivity index is 1.80. The minimum Gasteiger partial charge on any atom is -0.340 e. The molecule has 0 spiro atoms. The molecule has 0 radical (unpaired) electrons. The van der Waals surface area contributed by atoms with E-state index >= 15 is 0 Å². The van der Waals surface area contributed by atoms with Crippen molar-refractivity contribution in [3.05, 3.63) is 0 Å². The van der Waals surface area contributed by atoms with Gasteiger partial charge in [0.2, 0.25) is 5.91 Å². The quantitative estimate of drug-likeness (QED) is 0.817. The normalized spacial score (nSPS) is 28.2. The zero-order valence-electron chi connectivity index (χ0n) is 12.7. The molecule has 1 aliphatic carbocycles. The molecule has 1 aliphatic heterocycles. The van der Waals surface area contributed by atoms with Crippen molar-refractivity contribution in [1.29, 1.82) is 0 Å². The van der Waals surface area contributed by atoms with Crippen LogP contribution in [0.3, 0.4) is 0 Å². The first-order valence-electron chi connectivity index (χ1n) is 7.72. The Labute approximate surface area is 117 Å². The van der Waals surface area contributed by atoms with Gasteiger partial charge in [-0.25, -0.2) is 0 Å². The maximum absolute atomic E-state index is 12.3. The highest BCUT2D eigenvalue weighted by Crippen LogP contribution is 2.52. The van der Waals surface area contributed by atoms with E-state index in [0.717, 1.165) is 39.1 Å². The summed E-state index contributed by atoms with van der Waals surface area (Å²) in [6.45, 7) is 11.1. The van der Waals surface area contributed by atoms with Crippen molar-refractivity contribution in [2.24, 2.45) is 17.1 Å². The van der Waals surface area contributed by atoms with Crippen LogP contribution in [0.1, 0.15) is 40.0 Å². The fourth-order valence-corrected chi connectivity index (χ4v) is 3.20. The summed E-state index contributed by atoms with van der Waals surface area (Å²) in [5.74, 6) is 0.657. The Morgan fingerprint density at radius 3 is 2.32 bits per heavy atom. The summed E-state index contributed by atoms with van der Waals surface area (Å²) in [4.78, 5) is 16.9. The zero-order valence-corrected chi connectivity index (χ0v) is 12.7. The molecule has 1 saturated carbocycles. The van der Waals surface area contributed by atoms with E-state index in [1.54, 1.807) is 0 Å². The lowest BCUT2D eigenvalue weighted by Gasteiger charge is -2.39. The van der Waals surface area contributed by atoms with Crippen LogP contribution in [0.15, 0.2) is 0 Å². The van der Waals surface area contributed by atoms with Crippen LogP contribution in [0.5, 0.6) is 0 Å². The number of piperazine rings is 1. The van der Waals surface area contributed by atoms with Crippen LogP contribution in [0.25, 0.3) is 0 Å². The lowest BCUT2D eigenvalue weighted by Crippen LogP contribution is -2.54. The van der Waals surface area contributed by atoms with Crippen LogP contribution in [0.2, 0.25) is 0 Å². The van der Waals surface area contributed by atoms with Gasteiger partial charge in [-0.15, -0.1) is 0 Å². The number of rotatable bonds is 5. The number of nitrogens with two attached hydrogens (primary N) is 1. The van der Waals surface area contributed by atoms with Crippen LogP contribution in [-0.4, -0.2) is 54.5 Å². The Morgan fingerprint density at radius 1 is 1.32 bits per heavy atom. The molecule has 110 valence electrons. The molecule has 0 aromatic rings. The van der Waals surface area contributed by atoms with E-state index < -0.39 is 0 Å². The summed E-state index contributed by atoms with van der Waals surface area (Å²) in [5, 5.41) is 0. The van der Waals surface area contributed by atoms with E-state index in [-0.39, 0.29) is 11.3 Å². The number of nitrogens with zero attached hydrogens (tertiary/aromatic N) is 2. The van der Waals surface area contributed by atoms with Crippen LogP contribution >= 0.6 is 0 Å². The van der Waals surface area contributed by atoms with Crippen LogP contribution in [0.4, 0.5) is 0 Å². The fourth-order valence-electron chi connectivity index (χ4n) is 3.20. The average molecular weight is 267 g/mol. The number of hydrogen-bond donors (Lipinski definition) is 1. The first kappa shape index (κ1) is 14.8. The summed E-state index contributed by atoms with van der Waals surface area (Å²) in [5.41, 5.74) is 6.10. The van der Waals surface area contributed by atoms with Crippen molar-refractivity contribution >= 4 is 5.91 Å². The first-order valence-corrected chi connectivity index (χ1v) is 7.72. The smallest absolute Gasteiger partial charge is 0.226 e. The average Bonchev–Trinajstić information content (AvgIpc) is 3.04. The third-order valence-electron chi connectivity index (χ3n) is 4.85. The van der Waals surface area contributed by atoms with Gasteiger partial charge >= 0.3 is 0 Å². The molecule has 2 fully saturated rings. The topological polar surface area (TPSA) is 49.6 Å². The monoisotopic (exact) mass is 267 g/mol. The van der Waals surface area contributed by atoms with Gasteiger partial charge in [0.25, 0.3) is 0 Å². The van der Waals surface area contributed by atoms with Gasteiger partial charge < -0.3 is 10.6 Å². The number of carbonyl (C=O) groups is 1. The minimum atomic E-state index is 0.246. The predicted molar refractivity (Wildman–Crippen MR) is 77.8 cm³/mol. The second-order valence-corrected chi connectivity index (χ2v) is 6.78. The van der Waals surface area contributed by atoms with Crippen molar-refractivity contribution in [2.45, 2.75) is 46.1 Å². The van der Waals surface area contributed by atoms with E-state index in [1.165, 1.54) is 12.8 Å². The van der Waals surface area contributed by atoms with E-state index in [1.807, 2.05) is 0 Å².